The van der Waals surface area contributed by atoms with Gasteiger partial charge in [-0.25, -0.2) is 14.9 Å². The van der Waals surface area contributed by atoms with Crippen molar-refractivity contribution in [2.45, 2.75) is 33.6 Å². The van der Waals surface area contributed by atoms with Gasteiger partial charge in [0.2, 0.25) is 19.2 Å². The first-order valence-corrected chi connectivity index (χ1v) is 11.0. The van der Waals surface area contributed by atoms with Crippen LogP contribution < -0.4 is 39.8 Å². The summed E-state index contributed by atoms with van der Waals surface area (Å²) in [6.45, 7) is 8.93. The predicted octanol–water partition coefficient (Wildman–Crippen LogP) is -0.487. The average Bonchev–Trinajstić information content (AvgIpc) is 3.49. The van der Waals surface area contributed by atoms with E-state index in [0.29, 0.717) is 30.9 Å². The van der Waals surface area contributed by atoms with Crippen molar-refractivity contribution in [3.05, 3.63) is 48.8 Å². The zero-order valence-corrected chi connectivity index (χ0v) is 23.8. The van der Waals surface area contributed by atoms with Gasteiger partial charge in [0.1, 0.15) is 11.6 Å². The first-order chi connectivity index (χ1) is 17.5. The first-order valence-electron chi connectivity index (χ1n) is 11.0. The second-order valence-electron chi connectivity index (χ2n) is 6.09. The third-order valence-electron chi connectivity index (χ3n) is 3.46. The summed E-state index contributed by atoms with van der Waals surface area (Å²) in [6.07, 6.45) is 7.11. The van der Waals surface area contributed by atoms with Crippen molar-refractivity contribution in [1.82, 2.24) is 9.97 Å². The molecule has 0 unspecified atom stereocenters. The fraction of sp³-hybridized carbons (Fsp3) is 0.375. The van der Waals surface area contributed by atoms with Crippen LogP contribution in [0.3, 0.4) is 0 Å². The zero-order chi connectivity index (χ0) is 27.3. The summed E-state index contributed by atoms with van der Waals surface area (Å²) in [5.74, 6) is 0.329. The van der Waals surface area contributed by atoms with Gasteiger partial charge in [0.05, 0.1) is 0 Å². The molecule has 0 radical (unpaired) electrons. The Morgan fingerprint density at radius 3 is 1.84 bits per heavy atom. The van der Waals surface area contributed by atoms with Crippen molar-refractivity contribution in [1.29, 1.82) is 0 Å². The minimum atomic E-state index is -0.579. The topological polar surface area (TPSA) is 154 Å². The van der Waals surface area contributed by atoms with Crippen LogP contribution in [0, 0.1) is 0 Å². The van der Waals surface area contributed by atoms with Gasteiger partial charge in [0.15, 0.2) is 0 Å². The van der Waals surface area contributed by atoms with Crippen LogP contribution in [0.2, 0.25) is 0 Å². The van der Waals surface area contributed by atoms with E-state index in [4.69, 9.17) is 9.47 Å². The van der Waals surface area contributed by atoms with Crippen LogP contribution in [-0.2, 0) is 38.2 Å². The van der Waals surface area contributed by atoms with Crippen LogP contribution in [0.4, 0.5) is 11.6 Å². The molecule has 0 atom stereocenters. The molecule has 3 heterocycles. The zero-order valence-electron chi connectivity index (χ0n) is 22.8. The van der Waals surface area contributed by atoms with E-state index in [1.165, 1.54) is 19.0 Å². The van der Waals surface area contributed by atoms with Gasteiger partial charge in [-0.2, -0.15) is 0 Å². The molecule has 0 saturated carbocycles. The third-order valence-corrected chi connectivity index (χ3v) is 3.46. The molecule has 0 aliphatic carbocycles. The van der Waals surface area contributed by atoms with Crippen molar-refractivity contribution < 1.29 is 69.2 Å². The minimum Gasteiger partial charge on any atom is -1.00 e. The van der Waals surface area contributed by atoms with Gasteiger partial charge >= 0.3 is 42.0 Å². The van der Waals surface area contributed by atoms with E-state index < -0.39 is 5.97 Å². The van der Waals surface area contributed by atoms with Gasteiger partial charge in [-0.3, -0.25) is 24.0 Å². The van der Waals surface area contributed by atoms with Crippen molar-refractivity contribution in [2.24, 2.45) is 0 Å². The molecule has 200 valence electrons. The Hall–Kier alpha value is -3.03. The Labute approximate surface area is 240 Å². The minimum absolute atomic E-state index is 0. The summed E-state index contributed by atoms with van der Waals surface area (Å²) in [5.41, 5.74) is 0. The first kappa shape index (κ1) is 38.5. The predicted molar refractivity (Wildman–Crippen MR) is 134 cm³/mol. The SMILES string of the molecule is C1CCOC1.CC(=O)OC=O.CCOCC.O=CN(C=O)c1ccccn1.O=CNc1ccccn1.[H-].[Na+]. The standard InChI is InChI=1S/C7H6N2O2.C6H6N2O.C4H8O.C4H10O.C3H4O3.Na.H/c10-5-9(6-11)7-3-1-2-4-8-7;9-5-8-6-3-1-2-4-7-6;1-2-4-5-3-1;1-3-5-4-2;1-3(5)6-2-4;;/h1-6H;1-5H,(H,7,8,9);1-4H2;3-4H2,1-2H3;2H,1H3;;/q;;;;;+1;-1. The molecule has 0 bridgehead atoms. The molecule has 2 aromatic rings. The van der Waals surface area contributed by atoms with E-state index >= 15 is 0 Å². The maximum absolute atomic E-state index is 10.2. The molecule has 13 heteroatoms. The van der Waals surface area contributed by atoms with Gasteiger partial charge < -0.3 is 21.0 Å². The van der Waals surface area contributed by atoms with Crippen molar-refractivity contribution in [3.63, 3.8) is 0 Å². The van der Waals surface area contributed by atoms with Crippen LogP contribution >= 0.6 is 0 Å². The molecule has 1 N–H and O–H groups in total. The number of imide groups is 1. The molecular formula is C24H35N4NaO8. The molecule has 1 saturated heterocycles. The summed E-state index contributed by atoms with van der Waals surface area (Å²) >= 11 is 0. The third kappa shape index (κ3) is 27.4. The Balaban J connectivity index is -0.000000195. The number of nitrogens with one attached hydrogen (secondary N) is 1. The molecular weight excluding hydrogens is 495 g/mol. The Morgan fingerprint density at radius 2 is 1.57 bits per heavy atom. The maximum Gasteiger partial charge on any atom is 1.00 e. The quantitative estimate of drug-likeness (QED) is 0.205. The number of esters is 1. The molecule has 3 amide bonds. The second kappa shape index (κ2) is 31.0. The number of nitrogens with zero attached hydrogens (tertiary/aromatic N) is 3. The Kier molecular flexibility index (Phi) is 32.3. The number of hydrogen-bond acceptors (Lipinski definition) is 10. The summed E-state index contributed by atoms with van der Waals surface area (Å²) in [5, 5.41) is 2.42. The Morgan fingerprint density at radius 1 is 1.00 bits per heavy atom. The molecule has 1 aliphatic heterocycles. The molecule has 3 rings (SSSR count). The average molecular weight is 531 g/mol. The van der Waals surface area contributed by atoms with Gasteiger partial charge in [-0.05, 0) is 51.0 Å². The summed E-state index contributed by atoms with van der Waals surface area (Å²) < 4.78 is 13.5. The van der Waals surface area contributed by atoms with E-state index in [9.17, 15) is 24.0 Å². The van der Waals surface area contributed by atoms with Gasteiger partial charge in [-0.1, -0.05) is 12.1 Å². The van der Waals surface area contributed by atoms with Crippen LogP contribution in [0.15, 0.2) is 48.8 Å². The smallest absolute Gasteiger partial charge is 1.00 e. The molecule has 0 aromatic carbocycles. The van der Waals surface area contributed by atoms with E-state index in [1.54, 1.807) is 42.6 Å². The van der Waals surface area contributed by atoms with E-state index in [1.807, 2.05) is 13.8 Å². The van der Waals surface area contributed by atoms with Crippen LogP contribution in [-0.4, -0.2) is 68.1 Å². The summed E-state index contributed by atoms with van der Waals surface area (Å²) in [7, 11) is 0. The number of amides is 3. The van der Waals surface area contributed by atoms with Crippen molar-refractivity contribution in [2.75, 3.05) is 36.6 Å². The number of carbonyl (C=O) groups excluding carboxylic acids is 5. The van der Waals surface area contributed by atoms with Gasteiger partial charge in [0.25, 0.3) is 0 Å². The van der Waals surface area contributed by atoms with Crippen LogP contribution in [0.1, 0.15) is 35.0 Å². The van der Waals surface area contributed by atoms with Crippen molar-refractivity contribution >= 4 is 43.3 Å². The normalized spacial score (nSPS) is 10.1. The van der Waals surface area contributed by atoms with E-state index in [2.05, 4.69) is 20.0 Å². The van der Waals surface area contributed by atoms with Crippen LogP contribution in [0.25, 0.3) is 0 Å². The van der Waals surface area contributed by atoms with Gasteiger partial charge in [-0.15, -0.1) is 0 Å². The maximum atomic E-state index is 10.2. The number of anilines is 2. The molecule has 12 nitrogen and oxygen atoms in total. The number of pyridine rings is 2. The van der Waals surface area contributed by atoms with Crippen molar-refractivity contribution in [3.8, 4) is 0 Å². The second-order valence-corrected chi connectivity index (χ2v) is 6.09. The molecule has 2 aromatic heterocycles. The van der Waals surface area contributed by atoms with Crippen LogP contribution in [0.5, 0.6) is 0 Å². The summed E-state index contributed by atoms with van der Waals surface area (Å²) in [6, 6.07) is 10.3. The number of ether oxygens (including phenoxy) is 3. The van der Waals surface area contributed by atoms with Gasteiger partial charge in [0, 0.05) is 45.7 Å². The number of aromatic nitrogens is 2. The molecule has 1 fully saturated rings. The number of carbonyl (C=O) groups is 5. The Bertz CT molecular complexity index is 802. The molecule has 1 aliphatic rings. The van der Waals surface area contributed by atoms with E-state index in [-0.39, 0.29) is 37.5 Å². The fourth-order valence-electron chi connectivity index (χ4n) is 1.93. The van der Waals surface area contributed by atoms with E-state index in [0.717, 1.165) is 38.3 Å². The molecule has 0 spiro atoms. The number of rotatable bonds is 8. The summed E-state index contributed by atoms with van der Waals surface area (Å²) in [4.78, 5) is 57.4. The monoisotopic (exact) mass is 530 g/mol. The fourth-order valence-corrected chi connectivity index (χ4v) is 1.93. The molecule has 37 heavy (non-hydrogen) atoms. The largest absolute Gasteiger partial charge is 1.00 e. The number of hydrogen-bond donors (Lipinski definition) is 1.